The Labute approximate surface area is 179 Å². The molecule has 164 valence electrons. The molecule has 3 aromatic heterocycles. The molecule has 0 amide bonds. The van der Waals surface area contributed by atoms with Gasteiger partial charge in [0.25, 0.3) is 0 Å². The maximum absolute atomic E-state index is 13.7. The molecule has 0 aliphatic rings. The summed E-state index contributed by atoms with van der Waals surface area (Å²) in [6, 6.07) is 10.6. The summed E-state index contributed by atoms with van der Waals surface area (Å²) in [5, 5.41) is 2.91. The summed E-state index contributed by atoms with van der Waals surface area (Å²) in [4.78, 5) is 23.6. The molecule has 0 saturated carbocycles. The second-order valence-electron chi connectivity index (χ2n) is 6.56. The van der Waals surface area contributed by atoms with Crippen LogP contribution in [0, 0.1) is 0 Å². The minimum Gasteiger partial charge on any atom is -0.497 e. The van der Waals surface area contributed by atoms with E-state index in [-0.39, 0.29) is 23.0 Å². The average molecular weight is 443 g/mol. The zero-order valence-corrected chi connectivity index (χ0v) is 16.8. The van der Waals surface area contributed by atoms with Crippen molar-refractivity contribution in [1.29, 1.82) is 0 Å². The number of ether oxygens (including phenoxy) is 2. The molecule has 4 aromatic rings. The Morgan fingerprint density at radius 3 is 2.47 bits per heavy atom. The van der Waals surface area contributed by atoms with Gasteiger partial charge in [-0.25, -0.2) is 19.7 Å². The maximum atomic E-state index is 13.7. The number of hydrogen-bond donors (Lipinski definition) is 1. The number of pyridine rings is 1. The molecule has 8 nitrogen and oxygen atoms in total. The highest BCUT2D eigenvalue weighted by Gasteiger charge is 2.39. The molecule has 4 rings (SSSR count). The molecule has 0 spiro atoms. The number of anilines is 2. The number of benzene rings is 1. The highest BCUT2D eigenvalue weighted by molar-refractivity contribution is 5.89. The van der Waals surface area contributed by atoms with E-state index in [1.807, 2.05) is 0 Å². The predicted molar refractivity (Wildman–Crippen MR) is 109 cm³/mol. The molecule has 11 heteroatoms. The minimum atomic E-state index is -4.70. The van der Waals surface area contributed by atoms with Crippen LogP contribution in [0.5, 0.6) is 5.75 Å². The second kappa shape index (κ2) is 8.17. The van der Waals surface area contributed by atoms with Crippen molar-refractivity contribution in [1.82, 2.24) is 19.4 Å². The first-order valence-electron chi connectivity index (χ1n) is 9.22. The van der Waals surface area contributed by atoms with Crippen LogP contribution in [-0.2, 0) is 10.9 Å². The molecule has 0 atom stereocenters. The first kappa shape index (κ1) is 21.1. The lowest BCUT2D eigenvalue weighted by Crippen LogP contribution is -2.09. The summed E-state index contributed by atoms with van der Waals surface area (Å²) < 4.78 is 52.2. The monoisotopic (exact) mass is 443 g/mol. The lowest BCUT2D eigenvalue weighted by atomic mass is 10.2. The van der Waals surface area contributed by atoms with Crippen LogP contribution in [-0.4, -0.2) is 39.5 Å². The number of hydrogen-bond acceptors (Lipinski definition) is 7. The Kier molecular flexibility index (Phi) is 5.39. The van der Waals surface area contributed by atoms with Crippen LogP contribution >= 0.6 is 0 Å². The number of alkyl halides is 3. The van der Waals surface area contributed by atoms with E-state index in [1.54, 1.807) is 12.1 Å². The van der Waals surface area contributed by atoms with Crippen molar-refractivity contribution in [2.75, 3.05) is 19.5 Å². The highest BCUT2D eigenvalue weighted by Crippen LogP contribution is 2.37. The normalized spacial score (nSPS) is 11.4. The topological polar surface area (TPSA) is 90.6 Å². The lowest BCUT2D eigenvalue weighted by Gasteiger charge is -2.10. The smallest absolute Gasteiger partial charge is 0.435 e. The molecular weight excluding hydrogens is 427 g/mol. The number of methoxy groups -OCH3 is 2. The summed E-state index contributed by atoms with van der Waals surface area (Å²) in [6.45, 7) is 0. The second-order valence-corrected chi connectivity index (χ2v) is 6.56. The fraction of sp³-hybridized carbons (Fsp3) is 0.143. The van der Waals surface area contributed by atoms with Gasteiger partial charge in [0.05, 0.1) is 25.5 Å². The molecule has 0 radical (unpaired) electrons. The van der Waals surface area contributed by atoms with Gasteiger partial charge in [-0.1, -0.05) is 0 Å². The quantitative estimate of drug-likeness (QED) is 0.459. The van der Waals surface area contributed by atoms with Crippen LogP contribution in [0.1, 0.15) is 16.1 Å². The molecule has 0 saturated heterocycles. The average Bonchev–Trinajstić information content (AvgIpc) is 3.18. The van der Waals surface area contributed by atoms with E-state index in [0.717, 1.165) is 0 Å². The summed E-state index contributed by atoms with van der Waals surface area (Å²) in [5.74, 6) is -0.0353. The number of fused-ring (bicyclic) bond motifs is 1. The van der Waals surface area contributed by atoms with Crippen molar-refractivity contribution in [3.63, 3.8) is 0 Å². The molecule has 0 aliphatic carbocycles. The van der Waals surface area contributed by atoms with Crippen molar-refractivity contribution >= 4 is 23.3 Å². The third kappa shape index (κ3) is 4.04. The van der Waals surface area contributed by atoms with Crippen molar-refractivity contribution in [3.8, 4) is 17.1 Å². The third-order valence-corrected chi connectivity index (χ3v) is 4.56. The number of nitrogens with zero attached hydrogens (tertiary/aromatic N) is 4. The molecule has 1 N–H and O–H groups in total. The zero-order chi connectivity index (χ0) is 22.9. The van der Waals surface area contributed by atoms with Crippen molar-refractivity contribution < 1.29 is 27.4 Å². The van der Waals surface area contributed by atoms with Crippen LogP contribution in [0.25, 0.3) is 17.0 Å². The number of halogens is 3. The van der Waals surface area contributed by atoms with E-state index in [1.165, 1.54) is 61.3 Å². The molecule has 32 heavy (non-hydrogen) atoms. The minimum absolute atomic E-state index is 0.0265. The number of carbonyl (C=O) groups excluding carboxylic acids is 1. The Bertz CT molecular complexity index is 1290. The Balaban J connectivity index is 1.74. The molecule has 0 aliphatic heterocycles. The van der Waals surface area contributed by atoms with Gasteiger partial charge in [-0.3, -0.25) is 4.40 Å². The van der Waals surface area contributed by atoms with Gasteiger partial charge in [0, 0.05) is 24.1 Å². The first-order valence-corrected chi connectivity index (χ1v) is 9.22. The Morgan fingerprint density at radius 1 is 1.06 bits per heavy atom. The van der Waals surface area contributed by atoms with Gasteiger partial charge in [0.1, 0.15) is 17.1 Å². The van der Waals surface area contributed by atoms with Gasteiger partial charge in [0.2, 0.25) is 5.95 Å². The van der Waals surface area contributed by atoms with E-state index in [2.05, 4.69) is 25.0 Å². The van der Waals surface area contributed by atoms with Crippen molar-refractivity contribution in [2.45, 2.75) is 6.18 Å². The zero-order valence-electron chi connectivity index (χ0n) is 16.8. The summed E-state index contributed by atoms with van der Waals surface area (Å²) in [7, 11) is 2.69. The number of rotatable bonds is 5. The van der Waals surface area contributed by atoms with E-state index in [0.29, 0.717) is 17.0 Å². The number of aromatic nitrogens is 4. The van der Waals surface area contributed by atoms with E-state index in [4.69, 9.17) is 4.74 Å². The number of imidazole rings is 1. The molecule has 1 aromatic carbocycles. The summed E-state index contributed by atoms with van der Waals surface area (Å²) in [6.07, 6.45) is -1.92. The van der Waals surface area contributed by atoms with E-state index < -0.39 is 17.8 Å². The largest absolute Gasteiger partial charge is 0.497 e. The molecule has 0 fully saturated rings. The number of esters is 1. The Hall–Kier alpha value is -4.15. The predicted octanol–water partition coefficient (Wildman–Crippen LogP) is 4.35. The highest BCUT2D eigenvalue weighted by atomic mass is 19.4. The maximum Gasteiger partial charge on any atom is 0.435 e. The fourth-order valence-electron chi connectivity index (χ4n) is 3.08. The Morgan fingerprint density at radius 2 is 1.81 bits per heavy atom. The van der Waals surface area contributed by atoms with Crippen LogP contribution in [0.3, 0.4) is 0 Å². The first-order chi connectivity index (χ1) is 15.3. The SMILES string of the molecule is COC(=O)c1ccc(Nc2nccc(-c3c(C(F)(F)F)nc4cc(OC)ccn34)n2)cc1. The van der Waals surface area contributed by atoms with Crippen LogP contribution < -0.4 is 10.1 Å². The molecule has 3 heterocycles. The van der Waals surface area contributed by atoms with Gasteiger partial charge < -0.3 is 14.8 Å². The van der Waals surface area contributed by atoms with E-state index >= 15 is 0 Å². The van der Waals surface area contributed by atoms with E-state index in [9.17, 15) is 18.0 Å². The molecule has 0 unspecified atom stereocenters. The fourth-order valence-corrected chi connectivity index (χ4v) is 3.08. The van der Waals surface area contributed by atoms with Crippen LogP contribution in [0.15, 0.2) is 54.9 Å². The number of carbonyl (C=O) groups is 1. The van der Waals surface area contributed by atoms with Gasteiger partial charge in [-0.05, 0) is 36.4 Å². The van der Waals surface area contributed by atoms with Crippen molar-refractivity contribution in [2.24, 2.45) is 0 Å². The standard InChI is InChI=1S/C21H16F3N5O3/c1-31-14-8-10-29-16(11-14)28-18(21(22,23)24)17(29)15-7-9-25-20(27-15)26-13-5-3-12(4-6-13)19(30)32-2/h3-11H,1-2H3,(H,25,26,27). The third-order valence-electron chi connectivity index (χ3n) is 4.56. The lowest BCUT2D eigenvalue weighted by molar-refractivity contribution is -0.140. The van der Waals surface area contributed by atoms with Gasteiger partial charge >= 0.3 is 12.1 Å². The van der Waals surface area contributed by atoms with Crippen LogP contribution in [0.2, 0.25) is 0 Å². The molecular formula is C21H16F3N5O3. The van der Waals surface area contributed by atoms with Crippen molar-refractivity contribution in [3.05, 3.63) is 66.1 Å². The van der Waals surface area contributed by atoms with Gasteiger partial charge in [-0.15, -0.1) is 0 Å². The summed E-state index contributed by atoms with van der Waals surface area (Å²) in [5.41, 5.74) is -0.311. The number of nitrogens with one attached hydrogen (secondary N) is 1. The molecule has 0 bridgehead atoms. The van der Waals surface area contributed by atoms with Gasteiger partial charge in [-0.2, -0.15) is 13.2 Å². The van der Waals surface area contributed by atoms with Gasteiger partial charge in [0.15, 0.2) is 5.69 Å². The van der Waals surface area contributed by atoms with Crippen LogP contribution in [0.4, 0.5) is 24.8 Å². The summed E-state index contributed by atoms with van der Waals surface area (Å²) >= 11 is 0.